The van der Waals surface area contributed by atoms with E-state index in [4.69, 9.17) is 0 Å². The Labute approximate surface area is 156 Å². The van der Waals surface area contributed by atoms with Gasteiger partial charge in [0, 0.05) is 22.6 Å². The fraction of sp³-hybridized carbons (Fsp3) is 0.182. The third-order valence-corrected chi connectivity index (χ3v) is 5.94. The van der Waals surface area contributed by atoms with Crippen molar-refractivity contribution >= 4 is 28.6 Å². The van der Waals surface area contributed by atoms with Crippen LogP contribution >= 0.6 is 11.3 Å². The molecule has 0 fully saturated rings. The Hall–Kier alpha value is -2.72. The number of hydrogen-bond acceptors (Lipinski definition) is 2. The highest BCUT2D eigenvalue weighted by Gasteiger charge is 2.27. The lowest BCUT2D eigenvalue weighted by atomic mass is 9.79. The first-order valence-corrected chi connectivity index (χ1v) is 9.36. The van der Waals surface area contributed by atoms with Gasteiger partial charge in [-0.25, -0.2) is 9.37 Å². The monoisotopic (exact) mass is 362 g/mol. The molecule has 0 saturated carbocycles. The zero-order valence-corrected chi connectivity index (χ0v) is 15.9. The highest BCUT2D eigenvalue weighted by Crippen LogP contribution is 2.42. The van der Waals surface area contributed by atoms with Crippen molar-refractivity contribution in [3.63, 3.8) is 0 Å². The van der Waals surface area contributed by atoms with Crippen LogP contribution in [0.25, 0.3) is 5.57 Å². The lowest BCUT2D eigenvalue weighted by Crippen LogP contribution is -2.16. The lowest BCUT2D eigenvalue weighted by molar-refractivity contribution is -0.462. The van der Waals surface area contributed by atoms with Gasteiger partial charge in [-0.05, 0) is 53.8 Å². The van der Waals surface area contributed by atoms with Crippen molar-refractivity contribution in [3.05, 3.63) is 86.2 Å². The average Bonchev–Trinajstić information content (AvgIpc) is 3.08. The highest BCUT2D eigenvalue weighted by atomic mass is 32.1. The molecule has 0 unspecified atom stereocenters. The number of aromatic carboxylic acids is 1. The minimum atomic E-state index is -0.870. The Kier molecular flexibility index (Phi) is 4.00. The summed E-state index contributed by atoms with van der Waals surface area (Å²) in [6.07, 6.45) is 7.44. The minimum Gasteiger partial charge on any atom is -0.477 e. The van der Waals surface area contributed by atoms with Crippen LogP contribution in [0.15, 0.2) is 59.7 Å². The zero-order valence-electron chi connectivity index (χ0n) is 15.0. The van der Waals surface area contributed by atoms with Gasteiger partial charge in [0.25, 0.3) is 0 Å². The van der Waals surface area contributed by atoms with Crippen LogP contribution in [0.5, 0.6) is 0 Å². The van der Waals surface area contributed by atoms with E-state index in [1.54, 1.807) is 6.07 Å². The molecule has 1 heterocycles. The molecule has 4 rings (SSSR count). The van der Waals surface area contributed by atoms with Crippen molar-refractivity contribution < 1.29 is 14.5 Å². The van der Waals surface area contributed by atoms with E-state index in [-0.39, 0.29) is 0 Å². The number of allylic oxidation sites excluding steroid dienone is 5. The second-order valence-corrected chi connectivity index (χ2v) is 8.00. The minimum absolute atomic E-state index is 0.373. The van der Waals surface area contributed by atoms with Crippen LogP contribution in [0.4, 0.5) is 0 Å². The van der Waals surface area contributed by atoms with Crippen molar-refractivity contribution in [2.45, 2.75) is 13.3 Å². The molecule has 0 aliphatic heterocycles. The Morgan fingerprint density at radius 2 is 1.96 bits per heavy atom. The predicted octanol–water partition coefficient (Wildman–Crippen LogP) is 4.32. The van der Waals surface area contributed by atoms with Crippen molar-refractivity contribution in [2.24, 2.45) is 0 Å². The Morgan fingerprint density at radius 3 is 2.65 bits per heavy atom. The predicted molar refractivity (Wildman–Crippen MR) is 107 cm³/mol. The number of thiophene rings is 1. The van der Waals surface area contributed by atoms with E-state index in [9.17, 15) is 9.90 Å². The molecule has 0 saturated heterocycles. The standard InChI is InChI=1S/C22H19NO2S/c1-13-4-6-17-14(10-13)11-15-12-16(23(2)3)5-7-18(15)21(17)19-8-9-20(26-19)22(24)25/h4-10,12H,11H2,1-3H3/p+1. The molecule has 2 aliphatic carbocycles. The van der Waals surface area contributed by atoms with Gasteiger partial charge in [-0.3, -0.25) is 0 Å². The van der Waals surface area contributed by atoms with Crippen LogP contribution in [0.2, 0.25) is 0 Å². The van der Waals surface area contributed by atoms with E-state index in [1.165, 1.54) is 44.9 Å². The molecule has 0 radical (unpaired) electrons. The second-order valence-electron chi connectivity index (χ2n) is 6.92. The summed E-state index contributed by atoms with van der Waals surface area (Å²) in [5.41, 5.74) is 8.56. The van der Waals surface area contributed by atoms with E-state index < -0.39 is 5.97 Å². The quantitative estimate of drug-likeness (QED) is 0.808. The molecular formula is C22H20NO2S+. The molecule has 0 atom stereocenters. The Balaban J connectivity index is 1.98. The smallest absolute Gasteiger partial charge is 0.345 e. The van der Waals surface area contributed by atoms with Crippen LogP contribution in [0.3, 0.4) is 0 Å². The summed E-state index contributed by atoms with van der Waals surface area (Å²) < 4.78 is 2.11. The summed E-state index contributed by atoms with van der Waals surface area (Å²) >= 11 is 1.34. The number of fused-ring (bicyclic) bond motifs is 2. The maximum absolute atomic E-state index is 11.3. The first-order valence-electron chi connectivity index (χ1n) is 8.55. The van der Waals surface area contributed by atoms with E-state index in [2.05, 4.69) is 47.9 Å². The molecule has 4 heteroatoms. The Bertz CT molecular complexity index is 1060. The number of aryl methyl sites for hydroxylation is 1. The molecule has 0 bridgehead atoms. The van der Waals surface area contributed by atoms with Crippen molar-refractivity contribution in [1.82, 2.24) is 0 Å². The van der Waals surface area contributed by atoms with Crippen LogP contribution in [0, 0.1) is 6.92 Å². The maximum atomic E-state index is 11.3. The van der Waals surface area contributed by atoms with E-state index >= 15 is 0 Å². The summed E-state index contributed by atoms with van der Waals surface area (Å²) in [5, 5.41) is 9.32. The number of benzene rings is 1. The largest absolute Gasteiger partial charge is 0.477 e. The fourth-order valence-electron chi connectivity index (χ4n) is 3.56. The van der Waals surface area contributed by atoms with Gasteiger partial charge in [-0.1, -0.05) is 23.8 Å². The molecule has 26 heavy (non-hydrogen) atoms. The number of carboxylic acids is 1. The van der Waals surface area contributed by atoms with Gasteiger partial charge in [-0.15, -0.1) is 11.3 Å². The van der Waals surface area contributed by atoms with Gasteiger partial charge in [0.1, 0.15) is 19.0 Å². The third-order valence-electron chi connectivity index (χ3n) is 4.85. The SMILES string of the molecule is Cc1ccc2c(c1)CC1=CC(=[N+](C)C)C=CC1=C2c1ccc(C(=O)O)s1. The molecule has 3 nitrogen and oxygen atoms in total. The average molecular weight is 362 g/mol. The van der Waals surface area contributed by atoms with Gasteiger partial charge < -0.3 is 5.11 Å². The van der Waals surface area contributed by atoms with Gasteiger partial charge in [0.15, 0.2) is 5.71 Å². The van der Waals surface area contributed by atoms with Crippen LogP contribution in [-0.4, -0.2) is 35.5 Å². The summed E-state index contributed by atoms with van der Waals surface area (Å²) in [6.45, 7) is 2.11. The van der Waals surface area contributed by atoms with Gasteiger partial charge in [0.2, 0.25) is 0 Å². The number of rotatable bonds is 2. The molecular weight excluding hydrogens is 342 g/mol. The first kappa shape index (κ1) is 16.7. The normalized spacial score (nSPS) is 15.5. The van der Waals surface area contributed by atoms with E-state index in [0.717, 1.165) is 16.9 Å². The van der Waals surface area contributed by atoms with Crippen LogP contribution < -0.4 is 0 Å². The third kappa shape index (κ3) is 2.76. The fourth-order valence-corrected chi connectivity index (χ4v) is 4.48. The van der Waals surface area contributed by atoms with Gasteiger partial charge in [-0.2, -0.15) is 0 Å². The van der Waals surface area contributed by atoms with Crippen molar-refractivity contribution in [3.8, 4) is 0 Å². The Morgan fingerprint density at radius 1 is 1.15 bits per heavy atom. The zero-order chi connectivity index (χ0) is 18.4. The molecule has 2 aliphatic rings. The van der Waals surface area contributed by atoms with Crippen molar-refractivity contribution in [2.75, 3.05) is 14.1 Å². The summed E-state index contributed by atoms with van der Waals surface area (Å²) in [7, 11) is 4.09. The number of carboxylic acid groups (broad SMARTS) is 1. The number of hydrogen-bond donors (Lipinski definition) is 1. The highest BCUT2D eigenvalue weighted by molar-refractivity contribution is 7.15. The lowest BCUT2D eigenvalue weighted by Gasteiger charge is -2.26. The van der Waals surface area contributed by atoms with Crippen LogP contribution in [-0.2, 0) is 6.42 Å². The molecule has 1 aromatic carbocycles. The summed E-state index contributed by atoms with van der Waals surface area (Å²) in [5.74, 6) is -0.870. The first-order chi connectivity index (χ1) is 12.4. The van der Waals surface area contributed by atoms with Gasteiger partial charge >= 0.3 is 5.97 Å². The topological polar surface area (TPSA) is 40.3 Å². The molecule has 0 amide bonds. The molecule has 1 N–H and O–H groups in total. The van der Waals surface area contributed by atoms with E-state index in [0.29, 0.717) is 4.88 Å². The second kappa shape index (κ2) is 6.22. The number of carbonyl (C=O) groups is 1. The van der Waals surface area contributed by atoms with Crippen molar-refractivity contribution in [1.29, 1.82) is 0 Å². The maximum Gasteiger partial charge on any atom is 0.345 e. The molecule has 130 valence electrons. The number of nitrogens with zero attached hydrogens (tertiary/aromatic N) is 1. The van der Waals surface area contributed by atoms with Gasteiger partial charge in [0.05, 0.1) is 0 Å². The molecule has 2 aromatic rings. The molecule has 0 spiro atoms. The summed E-state index contributed by atoms with van der Waals surface area (Å²) in [6, 6.07) is 10.2. The summed E-state index contributed by atoms with van der Waals surface area (Å²) in [4.78, 5) is 12.7. The van der Waals surface area contributed by atoms with Crippen LogP contribution in [0.1, 0.15) is 31.2 Å². The molecule has 1 aromatic heterocycles. The van der Waals surface area contributed by atoms with E-state index in [1.807, 2.05) is 20.2 Å².